The Morgan fingerprint density at radius 2 is 1.17 bits per heavy atom. The van der Waals surface area contributed by atoms with Gasteiger partial charge in [-0.15, -0.1) is 0 Å². The minimum Gasteiger partial charge on any atom is -1.00 e. The summed E-state index contributed by atoms with van der Waals surface area (Å²) in [4.78, 5) is 28.8. The highest BCUT2D eigenvalue weighted by Crippen LogP contribution is 2.41. The van der Waals surface area contributed by atoms with Crippen LogP contribution < -0.4 is 24.0 Å². The molecule has 0 aliphatic carbocycles. The summed E-state index contributed by atoms with van der Waals surface area (Å²) in [7, 11) is 0. The van der Waals surface area contributed by atoms with E-state index in [0.717, 1.165) is 60.5 Å². The molecule has 0 saturated carbocycles. The van der Waals surface area contributed by atoms with Crippen molar-refractivity contribution >= 4 is 50.7 Å². The highest BCUT2D eigenvalue weighted by Gasteiger charge is 2.43. The first-order valence-corrected chi connectivity index (χ1v) is 21.4. The maximum Gasteiger partial charge on any atom is 0.338 e. The van der Waals surface area contributed by atoms with Crippen molar-refractivity contribution in [1.82, 2.24) is 0 Å². The molecule has 0 aromatic heterocycles. The summed E-state index contributed by atoms with van der Waals surface area (Å²) in [5.74, 6) is -0.598. The van der Waals surface area contributed by atoms with Crippen LogP contribution in [0.4, 0.5) is 11.4 Å². The van der Waals surface area contributed by atoms with Crippen LogP contribution in [0.1, 0.15) is 97.4 Å². The molecule has 4 aromatic carbocycles. The van der Waals surface area contributed by atoms with E-state index in [0.29, 0.717) is 24.3 Å². The van der Waals surface area contributed by atoms with Gasteiger partial charge in [0, 0.05) is 41.4 Å². The van der Waals surface area contributed by atoms with Crippen molar-refractivity contribution in [1.29, 1.82) is 0 Å². The number of carbonyl (C=O) groups excluding carboxylic acids is 2. The third kappa shape index (κ3) is 11.8. The number of rotatable bonds is 11. The van der Waals surface area contributed by atoms with E-state index < -0.39 is 0 Å². The van der Waals surface area contributed by atoms with Crippen molar-refractivity contribution in [2.45, 2.75) is 91.0 Å². The molecule has 0 spiro atoms. The molecule has 0 bridgehead atoms. The van der Waals surface area contributed by atoms with Gasteiger partial charge in [-0.1, -0.05) is 72.2 Å². The van der Waals surface area contributed by atoms with Crippen molar-refractivity contribution in [2.24, 2.45) is 4.99 Å². The van der Waals surface area contributed by atoms with Gasteiger partial charge in [0.2, 0.25) is 5.69 Å². The molecule has 0 atom stereocenters. The summed E-state index contributed by atoms with van der Waals surface area (Å²) in [6.45, 7) is 17.3. The minimum atomic E-state index is -0.300. The van der Waals surface area contributed by atoms with Crippen LogP contribution in [-0.4, -0.2) is 78.8 Å². The summed E-state index contributed by atoms with van der Waals surface area (Å²) >= 11 is 3.30. The summed E-state index contributed by atoms with van der Waals surface area (Å²) in [6, 6.07) is 30.5. The Bertz CT molecular complexity index is 2130. The number of hydrogen-bond acceptors (Lipinski definition) is 9. The Hall–Kier alpha value is -3.79. The van der Waals surface area contributed by atoms with E-state index in [2.05, 4.69) is 85.2 Å². The van der Waals surface area contributed by atoms with Gasteiger partial charge in [0.25, 0.3) is 0 Å². The molecule has 320 valence electrons. The Morgan fingerprint density at radius 3 is 1.68 bits per heavy atom. The SMILES string of the molecule is BrCCC1OCCO1.CC1=Nc2ccc(COC(=O)c3ccccc3)cc2C1(C)C.CC1=[N+](CCC2OCCO2)c2ccc(COC(=O)c3ccccc3)cc2C1(C)C.[I-]. The maximum atomic E-state index is 12.2. The van der Waals surface area contributed by atoms with E-state index in [4.69, 9.17) is 28.4 Å². The predicted octanol–water partition coefficient (Wildman–Crippen LogP) is 6.78. The maximum absolute atomic E-state index is 12.2. The predicted molar refractivity (Wildman–Crippen MR) is 233 cm³/mol. The standard InChI is InChI=1S/C24H28NO4.C19H19NO2.C5H9BrO2.HI/c1-17-24(2,3)20-15-18(16-29-23(26)19-7-5-4-6-8-19)9-10-21(20)25(17)12-11-22-27-13-14-28-22;1-13-19(2,3)16-11-14(9-10-17(16)20-13)12-22-18(21)15-7-5-4-6-8-15;6-2-1-5-7-3-4-8-5;/h4-10,15,22H,11-14,16H2,1-3H3;4-11H,12H2,1-3H3;5H,1-4H2;1H/q+1;;;/p-1. The second-order valence-corrected chi connectivity index (χ2v) is 16.7. The van der Waals surface area contributed by atoms with Crippen molar-refractivity contribution in [2.75, 3.05) is 38.3 Å². The zero-order valence-electron chi connectivity index (χ0n) is 35.4. The Kier molecular flexibility index (Phi) is 17.2. The Morgan fingerprint density at radius 1 is 0.683 bits per heavy atom. The van der Waals surface area contributed by atoms with Crippen molar-refractivity contribution in [3.05, 3.63) is 130 Å². The number of aliphatic imine (C=N–C) groups is 1. The molecule has 60 heavy (non-hydrogen) atoms. The molecular weight excluding hydrogens is 939 g/mol. The van der Waals surface area contributed by atoms with Gasteiger partial charge in [-0.05, 0) is 86.0 Å². The molecule has 0 N–H and O–H groups in total. The van der Waals surface area contributed by atoms with Gasteiger partial charge < -0.3 is 52.4 Å². The normalized spacial score (nSPS) is 17.3. The molecule has 12 heteroatoms. The molecule has 4 aliphatic heterocycles. The first kappa shape index (κ1) is 47.3. The second-order valence-electron chi connectivity index (χ2n) is 15.9. The lowest BCUT2D eigenvalue weighted by Gasteiger charge is -2.20. The van der Waals surface area contributed by atoms with E-state index in [9.17, 15) is 9.59 Å². The number of esters is 2. The highest BCUT2D eigenvalue weighted by molar-refractivity contribution is 9.09. The molecular formula is C48H56BrIN2O8. The zero-order chi connectivity index (χ0) is 42.0. The average Bonchev–Trinajstić information content (AvgIpc) is 4.05. The molecule has 0 amide bonds. The first-order valence-electron chi connectivity index (χ1n) is 20.3. The average molecular weight is 996 g/mol. The van der Waals surface area contributed by atoms with E-state index in [-0.39, 0.29) is 72.5 Å². The van der Waals surface area contributed by atoms with E-state index in [1.807, 2.05) is 54.6 Å². The summed E-state index contributed by atoms with van der Waals surface area (Å²) in [5, 5.41) is 0.956. The van der Waals surface area contributed by atoms with Crippen LogP contribution in [0.25, 0.3) is 0 Å². The Balaban J connectivity index is 0.000000194. The van der Waals surface area contributed by atoms with Gasteiger partial charge in [0.15, 0.2) is 24.8 Å². The number of hydrogen-bond donors (Lipinski definition) is 0. The fourth-order valence-corrected chi connectivity index (χ4v) is 7.65. The third-order valence-electron chi connectivity index (χ3n) is 11.3. The number of alkyl halides is 1. The number of benzene rings is 4. The lowest BCUT2D eigenvalue weighted by Crippen LogP contribution is -3.00. The van der Waals surface area contributed by atoms with Crippen LogP contribution in [0.2, 0.25) is 0 Å². The lowest BCUT2D eigenvalue weighted by atomic mass is 9.82. The quantitative estimate of drug-likeness (QED) is 0.0702. The van der Waals surface area contributed by atoms with Gasteiger partial charge >= 0.3 is 11.9 Å². The lowest BCUT2D eigenvalue weighted by molar-refractivity contribution is -0.443. The van der Waals surface area contributed by atoms with Crippen LogP contribution in [0.3, 0.4) is 0 Å². The molecule has 0 radical (unpaired) electrons. The minimum absolute atomic E-state index is 0. The number of ether oxygens (including phenoxy) is 6. The van der Waals surface area contributed by atoms with Gasteiger partial charge in [-0.25, -0.2) is 9.59 Å². The van der Waals surface area contributed by atoms with Crippen LogP contribution in [0, 0.1) is 0 Å². The largest absolute Gasteiger partial charge is 1.00 e. The van der Waals surface area contributed by atoms with Crippen molar-refractivity contribution in [3.63, 3.8) is 0 Å². The Labute approximate surface area is 379 Å². The number of fused-ring (bicyclic) bond motifs is 2. The van der Waals surface area contributed by atoms with Crippen LogP contribution >= 0.6 is 15.9 Å². The van der Waals surface area contributed by atoms with E-state index >= 15 is 0 Å². The molecule has 0 unspecified atom stereocenters. The van der Waals surface area contributed by atoms with Gasteiger partial charge in [-0.2, -0.15) is 4.58 Å². The first-order chi connectivity index (χ1) is 28.4. The molecule has 4 aromatic rings. The smallest absolute Gasteiger partial charge is 0.338 e. The second kappa shape index (κ2) is 21.8. The van der Waals surface area contributed by atoms with E-state index in [1.54, 1.807) is 24.3 Å². The summed E-state index contributed by atoms with van der Waals surface area (Å²) in [6.07, 6.45) is 1.75. The van der Waals surface area contributed by atoms with Gasteiger partial charge in [0.05, 0.1) is 55.1 Å². The fraction of sp³-hybridized carbons (Fsp3) is 0.417. The molecule has 4 aliphatic rings. The summed E-state index contributed by atoms with van der Waals surface area (Å²) < 4.78 is 34.7. The molecule has 2 saturated heterocycles. The molecule has 8 rings (SSSR count). The van der Waals surface area contributed by atoms with Gasteiger partial charge in [-0.3, -0.25) is 4.99 Å². The van der Waals surface area contributed by atoms with Crippen molar-refractivity contribution in [3.8, 4) is 0 Å². The number of halogens is 2. The molecule has 4 heterocycles. The summed E-state index contributed by atoms with van der Waals surface area (Å²) in [5.41, 5.74) is 10.1. The van der Waals surface area contributed by atoms with E-state index in [1.165, 1.54) is 22.5 Å². The van der Waals surface area contributed by atoms with Gasteiger partial charge in [0.1, 0.15) is 13.2 Å². The fourth-order valence-electron chi connectivity index (χ4n) is 7.28. The van der Waals surface area contributed by atoms with Crippen LogP contribution in [-0.2, 0) is 52.5 Å². The molecule has 2 fully saturated rings. The topological polar surface area (TPSA) is 105 Å². The number of nitrogens with zero attached hydrogens (tertiary/aromatic N) is 2. The van der Waals surface area contributed by atoms with Crippen LogP contribution in [0.5, 0.6) is 0 Å². The molecule has 10 nitrogen and oxygen atoms in total. The van der Waals surface area contributed by atoms with Crippen LogP contribution in [0.15, 0.2) is 102 Å². The number of carbonyl (C=O) groups is 2. The van der Waals surface area contributed by atoms with Crippen molar-refractivity contribution < 1.29 is 66.6 Å². The highest BCUT2D eigenvalue weighted by atomic mass is 127. The zero-order valence-corrected chi connectivity index (χ0v) is 39.1. The third-order valence-corrected chi connectivity index (χ3v) is 11.8. The monoisotopic (exact) mass is 994 g/mol.